The third-order valence-electron chi connectivity index (χ3n) is 8.57. The molecule has 2 aliphatic heterocycles. The largest absolute Gasteiger partial charge is 0.372 e. The van der Waals surface area contributed by atoms with Crippen LogP contribution in [-0.2, 0) is 16.9 Å². The number of likely N-dealkylation sites (tertiary alicyclic amines) is 1. The molecule has 1 N–H and O–H groups in total. The predicted octanol–water partition coefficient (Wildman–Crippen LogP) is 5.90. The highest BCUT2D eigenvalue weighted by atomic mass is 35.5. The van der Waals surface area contributed by atoms with Gasteiger partial charge >= 0.3 is 0 Å². The number of rotatable bonds is 9. The van der Waals surface area contributed by atoms with Gasteiger partial charge in [0.1, 0.15) is 12.0 Å². The molecule has 0 bridgehead atoms. The Kier molecular flexibility index (Phi) is 7.99. The van der Waals surface area contributed by atoms with Crippen LogP contribution in [0.3, 0.4) is 0 Å². The summed E-state index contributed by atoms with van der Waals surface area (Å²) < 4.78 is 23.1. The van der Waals surface area contributed by atoms with Crippen LogP contribution >= 0.6 is 23.2 Å². The summed E-state index contributed by atoms with van der Waals surface area (Å²) in [7, 11) is 0. The van der Waals surface area contributed by atoms with Crippen molar-refractivity contribution in [1.82, 2.24) is 14.8 Å². The third kappa shape index (κ3) is 5.29. The zero-order valence-corrected chi connectivity index (χ0v) is 24.5. The van der Waals surface area contributed by atoms with E-state index in [1.807, 2.05) is 0 Å². The Hall–Kier alpha value is -3.06. The number of halogens is 3. The van der Waals surface area contributed by atoms with Crippen LogP contribution in [0.5, 0.6) is 0 Å². The number of pyridine rings is 1. The second-order valence-electron chi connectivity index (χ2n) is 11.5. The van der Waals surface area contributed by atoms with Crippen LogP contribution in [0, 0.1) is 22.6 Å². The first-order valence-electron chi connectivity index (χ1n) is 14.2. The SMILES string of the molecule is N#CC1(COC2(c3ccc(Cl)cc3)c3ccc(Cc4ccc(Cl)cn4)c(F)c3C(=O)N2C(O)CN2CCCCC2)CC1. The number of carbonyl (C=O) groups excluding carboxylic acids is 1. The van der Waals surface area contributed by atoms with E-state index >= 15 is 4.39 Å². The van der Waals surface area contributed by atoms with Gasteiger partial charge in [-0.25, -0.2) is 4.39 Å². The molecule has 0 spiro atoms. The van der Waals surface area contributed by atoms with Gasteiger partial charge in [0.2, 0.25) is 0 Å². The van der Waals surface area contributed by atoms with Gasteiger partial charge in [0.25, 0.3) is 5.91 Å². The highest BCUT2D eigenvalue weighted by Crippen LogP contribution is 2.52. The number of β-amino-alcohol motifs (C(OH)–C–C–N with tert-alkyl or cyclic N) is 1. The van der Waals surface area contributed by atoms with Crippen LogP contribution in [0.2, 0.25) is 10.0 Å². The number of nitriles is 1. The van der Waals surface area contributed by atoms with E-state index < -0.39 is 29.1 Å². The average Bonchev–Trinajstić information content (AvgIpc) is 3.73. The molecule has 1 aliphatic carbocycles. The van der Waals surface area contributed by atoms with Gasteiger partial charge in [-0.1, -0.05) is 53.9 Å². The molecule has 3 heterocycles. The molecule has 0 radical (unpaired) electrons. The number of nitrogens with zero attached hydrogens (tertiary/aromatic N) is 4. The lowest BCUT2D eigenvalue weighted by Gasteiger charge is -2.43. The maximum absolute atomic E-state index is 16.4. The van der Waals surface area contributed by atoms with Crippen molar-refractivity contribution in [2.45, 2.75) is 50.5 Å². The molecule has 1 aromatic heterocycles. The molecule has 3 aromatic rings. The molecule has 1 saturated heterocycles. The zero-order valence-electron chi connectivity index (χ0n) is 23.0. The van der Waals surface area contributed by atoms with E-state index in [0.717, 1.165) is 32.4 Å². The first kappa shape index (κ1) is 29.0. The molecule has 10 heteroatoms. The van der Waals surface area contributed by atoms with Crippen molar-refractivity contribution in [2.24, 2.45) is 5.41 Å². The lowest BCUT2D eigenvalue weighted by molar-refractivity contribution is -0.169. The minimum absolute atomic E-state index is 0.0177. The van der Waals surface area contributed by atoms with E-state index in [4.69, 9.17) is 27.9 Å². The summed E-state index contributed by atoms with van der Waals surface area (Å²) in [6.07, 6.45) is 4.78. The van der Waals surface area contributed by atoms with Gasteiger partial charge in [-0.15, -0.1) is 0 Å². The molecular weight excluding hydrogens is 578 g/mol. The number of hydrogen-bond acceptors (Lipinski definition) is 6. The van der Waals surface area contributed by atoms with Crippen LogP contribution in [0.25, 0.3) is 0 Å². The Labute approximate surface area is 254 Å². The minimum Gasteiger partial charge on any atom is -0.372 e. The van der Waals surface area contributed by atoms with Gasteiger partial charge in [-0.05, 0) is 68.6 Å². The highest BCUT2D eigenvalue weighted by molar-refractivity contribution is 6.30. The Morgan fingerprint density at radius 1 is 1.05 bits per heavy atom. The molecule has 1 saturated carbocycles. The fraction of sp³-hybridized carbons (Fsp3) is 0.406. The number of carbonyl (C=O) groups is 1. The van der Waals surface area contributed by atoms with Crippen molar-refractivity contribution in [3.05, 3.63) is 98.5 Å². The summed E-state index contributed by atoms with van der Waals surface area (Å²) >= 11 is 12.2. The van der Waals surface area contributed by atoms with Crippen molar-refractivity contribution in [1.29, 1.82) is 5.26 Å². The molecule has 2 atom stereocenters. The average molecular weight is 610 g/mol. The Morgan fingerprint density at radius 3 is 2.40 bits per heavy atom. The standard InChI is InChI=1S/C32H31Cl2FN4O3/c33-23-7-5-22(6-8-23)32(42-20-31(19-36)12-13-31)26-11-4-21(16-25-10-9-24(34)17-37-25)29(35)28(26)30(41)39(32)27(40)18-38-14-2-1-3-15-38/h4-11,17,27,40H,1-3,12-16,18,20H2. The normalized spacial score (nSPS) is 22.1. The lowest BCUT2D eigenvalue weighted by atomic mass is 9.91. The van der Waals surface area contributed by atoms with Gasteiger partial charge in [-0.3, -0.25) is 19.6 Å². The molecule has 3 aliphatic rings. The van der Waals surface area contributed by atoms with E-state index in [9.17, 15) is 15.2 Å². The van der Waals surface area contributed by atoms with E-state index in [0.29, 0.717) is 34.1 Å². The summed E-state index contributed by atoms with van der Waals surface area (Å²) in [5.41, 5.74) is -0.843. The number of aliphatic hydroxyl groups is 1. The van der Waals surface area contributed by atoms with Crippen LogP contribution < -0.4 is 0 Å². The summed E-state index contributed by atoms with van der Waals surface area (Å²) in [6, 6.07) is 15.8. The molecule has 2 fully saturated rings. The Bertz CT molecular complexity index is 1520. The predicted molar refractivity (Wildman–Crippen MR) is 156 cm³/mol. The van der Waals surface area contributed by atoms with Crippen molar-refractivity contribution >= 4 is 29.1 Å². The topological polar surface area (TPSA) is 89.7 Å². The van der Waals surface area contributed by atoms with E-state index in [1.165, 1.54) is 11.1 Å². The van der Waals surface area contributed by atoms with Crippen LogP contribution in [0.15, 0.2) is 54.7 Å². The number of benzene rings is 2. The minimum atomic E-state index is -1.67. The number of aromatic nitrogens is 1. The first-order valence-corrected chi connectivity index (χ1v) is 15.0. The number of ether oxygens (including phenoxy) is 1. The number of hydrogen-bond donors (Lipinski definition) is 1. The maximum Gasteiger partial charge on any atom is 0.262 e. The van der Waals surface area contributed by atoms with Crippen molar-refractivity contribution in [2.75, 3.05) is 26.2 Å². The van der Waals surface area contributed by atoms with Crippen molar-refractivity contribution < 1.29 is 19.0 Å². The highest BCUT2D eigenvalue weighted by Gasteiger charge is 2.58. The third-order valence-corrected chi connectivity index (χ3v) is 9.05. The molecule has 42 heavy (non-hydrogen) atoms. The molecule has 2 unspecified atom stereocenters. The maximum atomic E-state index is 16.4. The quantitative estimate of drug-likeness (QED) is 0.325. The number of amides is 1. The monoisotopic (exact) mass is 608 g/mol. The van der Waals surface area contributed by atoms with Crippen LogP contribution in [0.4, 0.5) is 4.39 Å². The summed E-state index contributed by atoms with van der Waals surface area (Å²) in [5, 5.41) is 22.6. The second-order valence-corrected chi connectivity index (χ2v) is 12.3. The van der Waals surface area contributed by atoms with E-state index in [-0.39, 0.29) is 36.3 Å². The van der Waals surface area contributed by atoms with Crippen LogP contribution in [-0.4, -0.2) is 58.3 Å². The number of aliphatic hydroxyl groups excluding tert-OH is 1. The number of piperidine rings is 1. The molecule has 2 aromatic carbocycles. The summed E-state index contributed by atoms with van der Waals surface area (Å²) in [6.45, 7) is 1.80. The van der Waals surface area contributed by atoms with E-state index in [2.05, 4.69) is 16.0 Å². The summed E-state index contributed by atoms with van der Waals surface area (Å²) in [4.78, 5) is 22.0. The lowest BCUT2D eigenvalue weighted by Crippen LogP contribution is -2.56. The Morgan fingerprint density at radius 2 is 1.76 bits per heavy atom. The van der Waals surface area contributed by atoms with Crippen molar-refractivity contribution in [3.63, 3.8) is 0 Å². The fourth-order valence-electron chi connectivity index (χ4n) is 6.03. The van der Waals surface area contributed by atoms with Gasteiger partial charge in [0.05, 0.1) is 28.7 Å². The fourth-order valence-corrected chi connectivity index (χ4v) is 6.27. The molecule has 218 valence electrons. The van der Waals surface area contributed by atoms with Gasteiger partial charge < -0.3 is 9.84 Å². The van der Waals surface area contributed by atoms with Crippen LogP contribution in [0.1, 0.15) is 64.8 Å². The van der Waals surface area contributed by atoms with Crippen molar-refractivity contribution in [3.8, 4) is 6.07 Å². The number of fused-ring (bicyclic) bond motifs is 1. The Balaban J connectivity index is 1.48. The zero-order chi connectivity index (χ0) is 29.5. The van der Waals surface area contributed by atoms with E-state index in [1.54, 1.807) is 48.5 Å². The molecule has 7 nitrogen and oxygen atoms in total. The molecule has 6 rings (SSSR count). The van der Waals surface area contributed by atoms with Gasteiger partial charge in [0.15, 0.2) is 5.72 Å². The summed E-state index contributed by atoms with van der Waals surface area (Å²) in [5.74, 6) is -1.36. The molecule has 1 amide bonds. The molecular formula is C32H31Cl2FN4O3. The van der Waals surface area contributed by atoms with Gasteiger partial charge in [0, 0.05) is 41.0 Å². The smallest absolute Gasteiger partial charge is 0.262 e. The van der Waals surface area contributed by atoms with Gasteiger partial charge in [-0.2, -0.15) is 5.26 Å². The first-order chi connectivity index (χ1) is 20.3. The second kappa shape index (κ2) is 11.6.